The Morgan fingerprint density at radius 2 is 0.937 bits per heavy atom. The molecule has 338 valence electrons. The van der Waals surface area contributed by atoms with Gasteiger partial charge in [-0.15, -0.1) is 13.2 Å². The Hall–Kier alpha value is -4.07. The Balaban J connectivity index is 0.00000871. The molecule has 0 saturated heterocycles. The van der Waals surface area contributed by atoms with Gasteiger partial charge in [-0.1, -0.05) is 111 Å². The first kappa shape index (κ1) is 51.6. The topological polar surface area (TPSA) is 55.4 Å². The van der Waals surface area contributed by atoms with Crippen LogP contribution in [0, 0.1) is 0 Å². The zero-order valence-electron chi connectivity index (χ0n) is 37.6. The molecule has 0 unspecified atom stereocenters. The van der Waals surface area contributed by atoms with E-state index in [9.17, 15) is 0 Å². The third-order valence-corrected chi connectivity index (χ3v) is 15.6. The number of allylic oxidation sites excluding steroid dienone is 2. The van der Waals surface area contributed by atoms with Crippen LogP contribution in [0.25, 0.3) is 11.1 Å². The van der Waals surface area contributed by atoms with Gasteiger partial charge in [0.2, 0.25) is 0 Å². The highest BCUT2D eigenvalue weighted by Crippen LogP contribution is 2.56. The number of ether oxygens (including phenoxy) is 6. The molecule has 0 aromatic heterocycles. The van der Waals surface area contributed by atoms with E-state index >= 15 is 0 Å². The fourth-order valence-corrected chi connectivity index (χ4v) is 12.3. The van der Waals surface area contributed by atoms with Gasteiger partial charge >= 0.3 is 0 Å². The van der Waals surface area contributed by atoms with Gasteiger partial charge in [0.05, 0.1) is 59.0 Å². The van der Waals surface area contributed by atoms with Crippen LogP contribution in [0.5, 0.6) is 11.5 Å². The van der Waals surface area contributed by atoms with Gasteiger partial charge in [-0.05, 0) is 109 Å². The zero-order valence-corrected chi connectivity index (χ0v) is 40.1. The van der Waals surface area contributed by atoms with Crippen LogP contribution in [-0.4, -0.2) is 72.7 Å². The number of unbranched alkanes of at least 4 members (excludes halogenated alkanes) is 7. The molecule has 0 atom stereocenters. The molecular weight excluding hydrogens is 867 g/mol. The summed E-state index contributed by atoms with van der Waals surface area (Å²) < 4.78 is 34.4. The monoisotopic (exact) mass is 936 g/mol. The van der Waals surface area contributed by atoms with Crippen LogP contribution in [0.1, 0.15) is 62.5 Å². The first-order valence-electron chi connectivity index (χ1n) is 22.7. The molecule has 5 aromatic carbocycles. The van der Waals surface area contributed by atoms with E-state index in [0.29, 0.717) is 59.5 Å². The minimum atomic E-state index is -1.74. The van der Waals surface area contributed by atoms with Gasteiger partial charge in [0.1, 0.15) is 41.3 Å². The van der Waals surface area contributed by atoms with Crippen molar-refractivity contribution in [3.63, 3.8) is 0 Å². The summed E-state index contributed by atoms with van der Waals surface area (Å²) in [7, 11) is -0.0790. The lowest BCUT2D eigenvalue weighted by Gasteiger charge is -2.27. The molecule has 0 aliphatic heterocycles. The van der Waals surface area contributed by atoms with Crippen LogP contribution in [-0.2, 0) is 31.8 Å². The maximum atomic E-state index is 6.39. The molecule has 63 heavy (non-hydrogen) atoms. The average Bonchev–Trinajstić information content (AvgIpc) is 3.31. The molecule has 0 spiro atoms. The predicted molar refractivity (Wildman–Crippen MR) is 262 cm³/mol. The molecule has 0 fully saturated rings. The van der Waals surface area contributed by atoms with Crippen molar-refractivity contribution in [3.05, 3.63) is 164 Å². The Kier molecular flexibility index (Phi) is 25.3. The van der Waals surface area contributed by atoms with Crippen LogP contribution in [0.3, 0.4) is 0 Å². The van der Waals surface area contributed by atoms with Crippen molar-refractivity contribution in [1.29, 1.82) is 0 Å². The van der Waals surface area contributed by atoms with Gasteiger partial charge < -0.3 is 45.4 Å². The minimum Gasteiger partial charge on any atom is -1.00 e. The Bertz CT molecular complexity index is 1880. The van der Waals surface area contributed by atoms with Gasteiger partial charge in [0.25, 0.3) is 0 Å². The van der Waals surface area contributed by atoms with Gasteiger partial charge in [0, 0.05) is 12.7 Å². The quantitative estimate of drug-likeness (QED) is 0.0240. The number of hydrogen-bond donors (Lipinski definition) is 0. The summed E-state index contributed by atoms with van der Waals surface area (Å²) in [6.07, 6.45) is 16.4. The largest absolute Gasteiger partial charge is 1.00 e. The predicted octanol–water partition coefficient (Wildman–Crippen LogP) is 8.38. The zero-order chi connectivity index (χ0) is 43.3. The molecular formula is C55H70BrO6P. The van der Waals surface area contributed by atoms with E-state index in [1.807, 2.05) is 18.2 Å². The summed E-state index contributed by atoms with van der Waals surface area (Å²) >= 11 is 0. The number of rotatable bonds is 33. The van der Waals surface area contributed by atoms with Crippen molar-refractivity contribution in [1.82, 2.24) is 0 Å². The van der Waals surface area contributed by atoms with Crippen molar-refractivity contribution in [3.8, 4) is 22.6 Å². The van der Waals surface area contributed by atoms with Crippen molar-refractivity contribution in [2.45, 2.75) is 64.2 Å². The summed E-state index contributed by atoms with van der Waals surface area (Å²) in [5.41, 5.74) is 4.45. The number of benzene rings is 5. The van der Waals surface area contributed by atoms with Crippen LogP contribution in [0.4, 0.5) is 0 Å². The molecule has 5 aromatic rings. The lowest BCUT2D eigenvalue weighted by molar-refractivity contribution is -0.0000143. The Morgan fingerprint density at radius 1 is 0.460 bits per heavy atom. The van der Waals surface area contributed by atoms with Crippen molar-refractivity contribution in [2.24, 2.45) is 0 Å². The van der Waals surface area contributed by atoms with Gasteiger partial charge in [-0.25, -0.2) is 0 Å². The Labute approximate surface area is 390 Å². The molecule has 8 heteroatoms. The maximum Gasteiger partial charge on any atom is 0.127 e. The molecule has 0 aliphatic carbocycles. The third-order valence-electron chi connectivity index (χ3n) is 11.1. The van der Waals surface area contributed by atoms with Gasteiger partial charge in [-0.2, -0.15) is 0 Å². The Morgan fingerprint density at radius 3 is 1.48 bits per heavy atom. The number of halogens is 1. The molecule has 0 bridgehead atoms. The highest BCUT2D eigenvalue weighted by atomic mass is 79.9. The normalized spacial score (nSPS) is 11.2. The summed E-state index contributed by atoms with van der Waals surface area (Å²) in [6, 6.07) is 46.6. The number of hydrogen-bond acceptors (Lipinski definition) is 6. The van der Waals surface area contributed by atoms with E-state index in [0.717, 1.165) is 47.5 Å². The summed E-state index contributed by atoms with van der Waals surface area (Å²) in [4.78, 5) is 0. The smallest absolute Gasteiger partial charge is 0.127 e. The molecule has 0 radical (unpaired) electrons. The van der Waals surface area contributed by atoms with Crippen molar-refractivity contribution in [2.75, 3.05) is 72.7 Å². The molecule has 0 amide bonds. The van der Waals surface area contributed by atoms with Gasteiger partial charge in [-0.3, -0.25) is 0 Å². The SMILES string of the molecule is C=CCc1ccc(OCCOCCOCCOCCOC)c(-c2ccc(OCCCCCCCCCC[P+](c3ccccc3)(c3ccccc3)c3ccccc3)c(CC=C)c2)c1.[Br-]. The lowest BCUT2D eigenvalue weighted by Crippen LogP contribution is -3.00. The maximum absolute atomic E-state index is 6.39. The average molecular weight is 938 g/mol. The summed E-state index contributed by atoms with van der Waals surface area (Å²) in [5.74, 6) is 1.75. The van der Waals surface area contributed by atoms with Crippen LogP contribution in [0.15, 0.2) is 153 Å². The number of methoxy groups -OCH3 is 1. The highest BCUT2D eigenvalue weighted by molar-refractivity contribution is 7.95. The first-order chi connectivity index (χ1) is 30.7. The molecule has 0 saturated carbocycles. The third kappa shape index (κ3) is 17.1. The lowest BCUT2D eigenvalue weighted by atomic mass is 9.97. The van der Waals surface area contributed by atoms with E-state index in [-0.39, 0.29) is 17.0 Å². The second kappa shape index (κ2) is 30.9. The highest BCUT2D eigenvalue weighted by Gasteiger charge is 2.44. The van der Waals surface area contributed by atoms with E-state index in [2.05, 4.69) is 134 Å². The molecule has 0 N–H and O–H groups in total. The standard InChI is InChI=1S/C55H70O6P.BrH/c1-4-23-47-31-33-55(61-43-42-59-41-40-58-39-38-57-37-36-56-3)53(45-47)48-32-34-54(49(46-48)24-5-2)60-35-21-10-8-6-7-9-11-22-44-62(50-25-15-12-16-26-50,51-27-17-13-18-28-51)52-29-19-14-20-30-52;/h4-5,12-20,25-34,45-46H,1-2,6-11,21-24,35-44H2,3H3;1H/q+1;/p-1. The molecule has 6 nitrogen and oxygen atoms in total. The van der Waals surface area contributed by atoms with Crippen LogP contribution in [0.2, 0.25) is 0 Å². The second-order valence-electron chi connectivity index (χ2n) is 15.5. The second-order valence-corrected chi connectivity index (χ2v) is 19.1. The van der Waals surface area contributed by atoms with E-state index in [1.165, 1.54) is 72.6 Å². The first-order valence-corrected chi connectivity index (χ1v) is 24.7. The van der Waals surface area contributed by atoms with Crippen LogP contribution >= 0.6 is 7.26 Å². The van der Waals surface area contributed by atoms with Crippen molar-refractivity contribution < 1.29 is 45.4 Å². The molecule has 0 aliphatic rings. The molecule has 0 heterocycles. The fraction of sp³-hybridized carbons (Fsp3) is 0.382. The van der Waals surface area contributed by atoms with E-state index in [1.54, 1.807) is 7.11 Å². The summed E-state index contributed by atoms with van der Waals surface area (Å²) in [6.45, 7) is 12.9. The minimum absolute atomic E-state index is 0. The fourth-order valence-electron chi connectivity index (χ4n) is 7.90. The molecule has 5 rings (SSSR count). The summed E-state index contributed by atoms with van der Waals surface area (Å²) in [5, 5.41) is 4.44. The van der Waals surface area contributed by atoms with E-state index < -0.39 is 7.26 Å². The van der Waals surface area contributed by atoms with E-state index in [4.69, 9.17) is 28.4 Å². The van der Waals surface area contributed by atoms with Crippen LogP contribution < -0.4 is 42.4 Å². The van der Waals surface area contributed by atoms with Gasteiger partial charge in [0.15, 0.2) is 0 Å². The van der Waals surface area contributed by atoms with Crippen molar-refractivity contribution >= 4 is 23.2 Å².